The number of piperidine rings is 1. The first-order valence-corrected chi connectivity index (χ1v) is 8.96. The van der Waals surface area contributed by atoms with Crippen LogP contribution in [0.4, 0.5) is 4.39 Å². The Kier molecular flexibility index (Phi) is 5.08. The Hall–Kier alpha value is -1.95. The number of likely N-dealkylation sites (tertiary alicyclic amines) is 2. The largest absolute Gasteiger partial charge is 0.480 e. The highest BCUT2D eigenvalue weighted by Gasteiger charge is 2.48. The Morgan fingerprint density at radius 2 is 1.96 bits per heavy atom. The van der Waals surface area contributed by atoms with E-state index in [0.29, 0.717) is 19.5 Å². The molecule has 1 amide bonds. The molecule has 136 valence electrons. The van der Waals surface area contributed by atoms with Crippen molar-refractivity contribution in [2.75, 3.05) is 26.2 Å². The number of benzene rings is 1. The quantitative estimate of drug-likeness (QED) is 0.909. The monoisotopic (exact) mass is 348 g/mol. The van der Waals surface area contributed by atoms with Gasteiger partial charge in [0.2, 0.25) is 0 Å². The fraction of sp³-hybridized carbons (Fsp3) is 0.579. The van der Waals surface area contributed by atoms with Crippen LogP contribution in [0.1, 0.15) is 43.0 Å². The van der Waals surface area contributed by atoms with E-state index >= 15 is 0 Å². The molecule has 0 aromatic heterocycles. The lowest BCUT2D eigenvalue weighted by atomic mass is 9.76. The summed E-state index contributed by atoms with van der Waals surface area (Å²) in [5.74, 6) is -1.52. The molecule has 1 aromatic carbocycles. The molecule has 1 N–H and O–H groups in total. The Balaban J connectivity index is 1.66. The Bertz CT molecular complexity index is 656. The number of amides is 1. The number of carboxylic acids is 1. The van der Waals surface area contributed by atoms with E-state index in [4.69, 9.17) is 0 Å². The van der Waals surface area contributed by atoms with Gasteiger partial charge in [0.05, 0.1) is 5.56 Å². The van der Waals surface area contributed by atoms with Crippen molar-refractivity contribution in [3.05, 3.63) is 35.6 Å². The van der Waals surface area contributed by atoms with Crippen LogP contribution in [0.25, 0.3) is 0 Å². The van der Waals surface area contributed by atoms with Crippen molar-refractivity contribution in [2.45, 2.75) is 38.6 Å². The number of carboxylic acid groups (broad SMARTS) is 1. The maximum Gasteiger partial charge on any atom is 0.320 e. The van der Waals surface area contributed by atoms with Gasteiger partial charge in [0.15, 0.2) is 0 Å². The van der Waals surface area contributed by atoms with Crippen LogP contribution in [0.15, 0.2) is 24.3 Å². The van der Waals surface area contributed by atoms with Gasteiger partial charge in [0.1, 0.15) is 11.9 Å². The molecule has 0 aliphatic carbocycles. The van der Waals surface area contributed by atoms with Crippen LogP contribution < -0.4 is 0 Å². The van der Waals surface area contributed by atoms with Gasteiger partial charge in [-0.1, -0.05) is 19.1 Å². The Morgan fingerprint density at radius 1 is 1.28 bits per heavy atom. The van der Waals surface area contributed by atoms with E-state index in [2.05, 4.69) is 11.8 Å². The predicted octanol–water partition coefficient (Wildman–Crippen LogP) is 2.62. The molecule has 5 nitrogen and oxygen atoms in total. The molecule has 1 atom stereocenters. The third kappa shape index (κ3) is 3.54. The zero-order valence-corrected chi connectivity index (χ0v) is 14.6. The van der Waals surface area contributed by atoms with Crippen molar-refractivity contribution >= 4 is 11.9 Å². The first-order chi connectivity index (χ1) is 12.0. The Labute approximate surface area is 147 Å². The topological polar surface area (TPSA) is 60.9 Å². The zero-order valence-electron chi connectivity index (χ0n) is 14.6. The van der Waals surface area contributed by atoms with E-state index in [-0.39, 0.29) is 16.9 Å². The molecule has 0 bridgehead atoms. The summed E-state index contributed by atoms with van der Waals surface area (Å²) in [6.45, 7) is 4.73. The van der Waals surface area contributed by atoms with Gasteiger partial charge < -0.3 is 10.0 Å². The SMILES string of the molecule is CCCN1CC2(CCN(C(=O)c3ccccc3F)CC2)CC1C(=O)O. The van der Waals surface area contributed by atoms with Gasteiger partial charge in [-0.25, -0.2) is 4.39 Å². The van der Waals surface area contributed by atoms with Gasteiger partial charge >= 0.3 is 5.97 Å². The minimum absolute atomic E-state index is 0.0375. The average molecular weight is 348 g/mol. The van der Waals surface area contributed by atoms with Crippen LogP contribution in [0, 0.1) is 11.2 Å². The molecule has 0 saturated carbocycles. The summed E-state index contributed by atoms with van der Waals surface area (Å²) in [6.07, 6.45) is 3.12. The maximum atomic E-state index is 13.8. The second-order valence-electron chi connectivity index (χ2n) is 7.30. The van der Waals surface area contributed by atoms with Crippen LogP contribution in [-0.4, -0.2) is 59.0 Å². The van der Waals surface area contributed by atoms with Crippen molar-refractivity contribution in [1.82, 2.24) is 9.80 Å². The normalized spacial score (nSPS) is 23.1. The third-order valence-corrected chi connectivity index (χ3v) is 5.62. The van der Waals surface area contributed by atoms with Crippen LogP contribution in [0.5, 0.6) is 0 Å². The smallest absolute Gasteiger partial charge is 0.320 e. The molecular formula is C19H25FN2O3. The van der Waals surface area contributed by atoms with E-state index in [1.165, 1.54) is 12.1 Å². The molecule has 25 heavy (non-hydrogen) atoms. The Morgan fingerprint density at radius 3 is 2.56 bits per heavy atom. The average Bonchev–Trinajstić information content (AvgIpc) is 2.94. The van der Waals surface area contributed by atoms with Crippen LogP contribution in [-0.2, 0) is 4.79 Å². The molecule has 2 saturated heterocycles. The lowest BCUT2D eigenvalue weighted by molar-refractivity contribution is -0.142. The van der Waals surface area contributed by atoms with Crippen LogP contribution >= 0.6 is 0 Å². The predicted molar refractivity (Wildman–Crippen MR) is 91.9 cm³/mol. The molecule has 2 heterocycles. The molecule has 6 heteroatoms. The first kappa shape index (κ1) is 17.9. The van der Waals surface area contributed by atoms with Gasteiger partial charge in [-0.2, -0.15) is 0 Å². The summed E-state index contributed by atoms with van der Waals surface area (Å²) in [5.41, 5.74) is 0.0745. The second-order valence-corrected chi connectivity index (χ2v) is 7.30. The number of aliphatic carboxylic acids is 1. The number of halogens is 1. The summed E-state index contributed by atoms with van der Waals surface area (Å²) in [4.78, 5) is 27.9. The number of hydrogen-bond donors (Lipinski definition) is 1. The summed E-state index contributed by atoms with van der Waals surface area (Å²) in [5, 5.41) is 9.50. The summed E-state index contributed by atoms with van der Waals surface area (Å²) in [6, 6.07) is 5.63. The number of carbonyl (C=O) groups excluding carboxylic acids is 1. The molecule has 2 fully saturated rings. The van der Waals surface area contributed by atoms with Crippen LogP contribution in [0.2, 0.25) is 0 Å². The third-order valence-electron chi connectivity index (χ3n) is 5.62. The number of hydrogen-bond acceptors (Lipinski definition) is 3. The van der Waals surface area contributed by atoms with Crippen molar-refractivity contribution in [1.29, 1.82) is 0 Å². The second kappa shape index (κ2) is 7.12. The molecule has 1 spiro atoms. The zero-order chi connectivity index (χ0) is 18.0. The minimum Gasteiger partial charge on any atom is -0.480 e. The first-order valence-electron chi connectivity index (χ1n) is 8.96. The van der Waals surface area contributed by atoms with Crippen molar-refractivity contribution < 1.29 is 19.1 Å². The van der Waals surface area contributed by atoms with Crippen molar-refractivity contribution in [2.24, 2.45) is 5.41 Å². The summed E-state index contributed by atoms with van der Waals surface area (Å²) >= 11 is 0. The van der Waals surface area contributed by atoms with Crippen molar-refractivity contribution in [3.8, 4) is 0 Å². The van der Waals surface area contributed by atoms with Gasteiger partial charge in [0.25, 0.3) is 5.91 Å². The lowest BCUT2D eigenvalue weighted by Crippen LogP contribution is -2.44. The molecule has 0 radical (unpaired) electrons. The molecule has 1 unspecified atom stereocenters. The van der Waals surface area contributed by atoms with Gasteiger partial charge in [0, 0.05) is 19.6 Å². The van der Waals surface area contributed by atoms with E-state index in [0.717, 1.165) is 32.4 Å². The van der Waals surface area contributed by atoms with Crippen molar-refractivity contribution in [3.63, 3.8) is 0 Å². The highest BCUT2D eigenvalue weighted by atomic mass is 19.1. The minimum atomic E-state index is -0.754. The fourth-order valence-corrected chi connectivity index (χ4v) is 4.26. The number of rotatable bonds is 4. The summed E-state index contributed by atoms with van der Waals surface area (Å²) in [7, 11) is 0. The highest BCUT2D eigenvalue weighted by Crippen LogP contribution is 2.43. The van der Waals surface area contributed by atoms with Gasteiger partial charge in [-0.15, -0.1) is 0 Å². The summed E-state index contributed by atoms with van der Waals surface area (Å²) < 4.78 is 13.8. The molecule has 3 rings (SSSR count). The van der Waals surface area contributed by atoms with Gasteiger partial charge in [-0.05, 0) is 49.8 Å². The van der Waals surface area contributed by atoms with Crippen LogP contribution in [0.3, 0.4) is 0 Å². The number of nitrogens with zero attached hydrogens (tertiary/aromatic N) is 2. The van der Waals surface area contributed by atoms with E-state index in [9.17, 15) is 19.1 Å². The fourth-order valence-electron chi connectivity index (χ4n) is 4.26. The van der Waals surface area contributed by atoms with E-state index in [1.807, 2.05) is 0 Å². The lowest BCUT2D eigenvalue weighted by Gasteiger charge is -2.39. The molecular weight excluding hydrogens is 323 g/mol. The maximum absolute atomic E-state index is 13.8. The van der Waals surface area contributed by atoms with E-state index < -0.39 is 17.8 Å². The van der Waals surface area contributed by atoms with Gasteiger partial charge in [-0.3, -0.25) is 14.5 Å². The number of carbonyl (C=O) groups is 2. The molecule has 2 aliphatic rings. The van der Waals surface area contributed by atoms with E-state index in [1.54, 1.807) is 17.0 Å². The standard InChI is InChI=1S/C19H25FN2O3/c1-2-9-22-13-19(12-16(22)18(24)25)7-10-21(11-8-19)17(23)14-5-3-4-6-15(14)20/h3-6,16H,2,7-13H2,1H3,(H,24,25). The highest BCUT2D eigenvalue weighted by molar-refractivity contribution is 5.94. The molecule has 2 aliphatic heterocycles. The molecule has 1 aromatic rings.